The highest BCUT2D eigenvalue weighted by atomic mass is 32.2. The minimum absolute atomic E-state index is 0.00856. The van der Waals surface area contributed by atoms with E-state index in [2.05, 4.69) is 10.2 Å². The molecule has 0 spiro atoms. The summed E-state index contributed by atoms with van der Waals surface area (Å²) in [6, 6.07) is 7.94. The molecule has 0 radical (unpaired) electrons. The van der Waals surface area contributed by atoms with Gasteiger partial charge < -0.3 is 10.2 Å². The predicted octanol–water partition coefficient (Wildman–Crippen LogP) is 1.33. The molecule has 3 fully saturated rings. The van der Waals surface area contributed by atoms with Crippen LogP contribution in [0.15, 0.2) is 24.3 Å². The smallest absolute Gasteiger partial charge is 0.227 e. The fraction of sp³-hybridized carbons (Fsp3) is 0.619. The minimum Gasteiger partial charge on any atom is -0.352 e. The second-order valence-electron chi connectivity index (χ2n) is 8.40. The summed E-state index contributed by atoms with van der Waals surface area (Å²) >= 11 is 0. The van der Waals surface area contributed by atoms with Crippen molar-refractivity contribution in [2.45, 2.75) is 44.7 Å². The van der Waals surface area contributed by atoms with Gasteiger partial charge in [-0.3, -0.25) is 14.5 Å². The second-order valence-corrected chi connectivity index (χ2v) is 10.6. The number of anilines is 1. The van der Waals surface area contributed by atoms with Crippen LogP contribution < -0.4 is 10.2 Å². The summed E-state index contributed by atoms with van der Waals surface area (Å²) < 4.78 is 23.4. The molecule has 0 unspecified atom stereocenters. The number of piperidine rings is 1. The first-order valence-electron chi connectivity index (χ1n) is 10.5. The van der Waals surface area contributed by atoms with Gasteiger partial charge in [-0.2, -0.15) is 0 Å². The Labute approximate surface area is 172 Å². The normalized spacial score (nSPS) is 25.4. The van der Waals surface area contributed by atoms with Gasteiger partial charge >= 0.3 is 0 Å². The number of hydrogen-bond acceptors (Lipinski definition) is 5. The van der Waals surface area contributed by atoms with Gasteiger partial charge in [0.25, 0.3) is 0 Å². The fourth-order valence-electron chi connectivity index (χ4n) is 4.64. The third-order valence-electron chi connectivity index (χ3n) is 6.41. The van der Waals surface area contributed by atoms with Crippen LogP contribution in [0.2, 0.25) is 0 Å². The van der Waals surface area contributed by atoms with Crippen LogP contribution in [-0.4, -0.2) is 62.3 Å². The van der Waals surface area contributed by atoms with Crippen LogP contribution in [0.25, 0.3) is 0 Å². The standard InChI is InChI=1S/C21H29N3O4S/c25-20-2-1-10-24(20)18-5-3-16(4-6-18)14-22-21(26)17-7-11-23(12-8-17)19-9-13-29(27,28)15-19/h3-6,17,19H,1-2,7-15H2,(H,22,26)/t19-/m1/s1. The Balaban J connectivity index is 1.23. The van der Waals surface area contributed by atoms with Crippen molar-refractivity contribution in [2.24, 2.45) is 5.92 Å². The molecule has 0 bridgehead atoms. The molecule has 1 aromatic carbocycles. The van der Waals surface area contributed by atoms with Gasteiger partial charge in [0.1, 0.15) is 0 Å². The molecule has 3 aliphatic heterocycles. The van der Waals surface area contributed by atoms with Crippen LogP contribution in [0.5, 0.6) is 0 Å². The predicted molar refractivity (Wildman–Crippen MR) is 111 cm³/mol. The lowest BCUT2D eigenvalue weighted by Crippen LogP contribution is -2.45. The third kappa shape index (κ3) is 4.80. The van der Waals surface area contributed by atoms with Crippen LogP contribution in [0, 0.1) is 5.92 Å². The van der Waals surface area contributed by atoms with Crippen molar-refractivity contribution in [3.05, 3.63) is 29.8 Å². The molecule has 3 saturated heterocycles. The molecule has 7 nitrogen and oxygen atoms in total. The number of nitrogens with zero attached hydrogens (tertiary/aromatic N) is 2. The molecule has 3 aliphatic rings. The van der Waals surface area contributed by atoms with Gasteiger partial charge in [-0.25, -0.2) is 8.42 Å². The van der Waals surface area contributed by atoms with Gasteiger partial charge in [0, 0.05) is 37.2 Å². The van der Waals surface area contributed by atoms with Crippen molar-refractivity contribution in [3.63, 3.8) is 0 Å². The summed E-state index contributed by atoms with van der Waals surface area (Å²) in [7, 11) is -2.87. The van der Waals surface area contributed by atoms with E-state index >= 15 is 0 Å². The zero-order valence-corrected chi connectivity index (χ0v) is 17.5. The largest absolute Gasteiger partial charge is 0.352 e. The lowest BCUT2D eigenvalue weighted by Gasteiger charge is -2.34. The van der Waals surface area contributed by atoms with Gasteiger partial charge in [0.15, 0.2) is 9.84 Å². The number of nitrogens with one attached hydrogen (secondary N) is 1. The molecule has 2 amide bonds. The van der Waals surface area contributed by atoms with Crippen LogP contribution in [-0.2, 0) is 26.0 Å². The molecule has 1 atom stereocenters. The number of amides is 2. The zero-order chi connectivity index (χ0) is 20.4. The van der Waals surface area contributed by atoms with E-state index in [-0.39, 0.29) is 29.5 Å². The van der Waals surface area contributed by atoms with Crippen molar-refractivity contribution in [1.29, 1.82) is 0 Å². The van der Waals surface area contributed by atoms with E-state index in [0.29, 0.717) is 18.7 Å². The molecule has 158 valence electrons. The summed E-state index contributed by atoms with van der Waals surface area (Å²) in [5, 5.41) is 3.03. The van der Waals surface area contributed by atoms with Crippen LogP contribution in [0.3, 0.4) is 0 Å². The van der Waals surface area contributed by atoms with Gasteiger partial charge in [-0.1, -0.05) is 12.1 Å². The molecule has 0 aliphatic carbocycles. The molecule has 8 heteroatoms. The zero-order valence-electron chi connectivity index (χ0n) is 16.7. The van der Waals surface area contributed by atoms with Crippen LogP contribution in [0.1, 0.15) is 37.7 Å². The van der Waals surface area contributed by atoms with Crippen molar-refractivity contribution in [2.75, 3.05) is 36.0 Å². The molecule has 1 aromatic rings. The summed E-state index contributed by atoms with van der Waals surface area (Å²) in [5.41, 5.74) is 1.94. The van der Waals surface area contributed by atoms with Crippen LogP contribution in [0.4, 0.5) is 5.69 Å². The number of hydrogen-bond donors (Lipinski definition) is 1. The maximum absolute atomic E-state index is 12.5. The SMILES string of the molecule is O=C(NCc1ccc(N2CCCC2=O)cc1)C1CCN([C@@H]2CCS(=O)(=O)C2)CC1. The number of carbonyl (C=O) groups excluding carboxylic acids is 2. The maximum Gasteiger partial charge on any atom is 0.227 e. The monoisotopic (exact) mass is 419 g/mol. The molecule has 4 rings (SSSR count). The van der Waals surface area contributed by atoms with E-state index in [1.54, 1.807) is 0 Å². The molecular formula is C21H29N3O4S. The highest BCUT2D eigenvalue weighted by molar-refractivity contribution is 7.91. The molecule has 0 saturated carbocycles. The topological polar surface area (TPSA) is 86.8 Å². The Morgan fingerprint density at radius 3 is 2.38 bits per heavy atom. The highest BCUT2D eigenvalue weighted by Crippen LogP contribution is 2.25. The van der Waals surface area contributed by atoms with Crippen molar-refractivity contribution < 1.29 is 18.0 Å². The first-order valence-corrected chi connectivity index (χ1v) is 12.3. The number of benzene rings is 1. The number of carbonyl (C=O) groups is 2. The van der Waals surface area contributed by atoms with Gasteiger partial charge in [0.2, 0.25) is 11.8 Å². The molecule has 29 heavy (non-hydrogen) atoms. The van der Waals surface area contributed by atoms with Gasteiger partial charge in [0.05, 0.1) is 11.5 Å². The summed E-state index contributed by atoms with van der Waals surface area (Å²) in [4.78, 5) is 28.4. The van der Waals surface area contributed by atoms with Crippen molar-refractivity contribution >= 4 is 27.3 Å². The summed E-state index contributed by atoms with van der Waals surface area (Å²) in [6.07, 6.45) is 3.80. The molecule has 1 N–H and O–H groups in total. The molecule has 0 aromatic heterocycles. The quantitative estimate of drug-likeness (QED) is 0.778. The maximum atomic E-state index is 12.5. The average molecular weight is 420 g/mol. The first-order chi connectivity index (χ1) is 13.9. The Hall–Kier alpha value is -1.93. The van der Waals surface area contributed by atoms with E-state index in [9.17, 15) is 18.0 Å². The molecule has 3 heterocycles. The van der Waals surface area contributed by atoms with Gasteiger partial charge in [-0.05, 0) is 56.5 Å². The first kappa shape index (κ1) is 20.3. The Morgan fingerprint density at radius 2 is 1.79 bits per heavy atom. The van der Waals surface area contributed by atoms with Crippen molar-refractivity contribution in [1.82, 2.24) is 10.2 Å². The number of sulfone groups is 1. The molecular weight excluding hydrogens is 390 g/mol. The Kier molecular flexibility index (Phi) is 5.92. The Bertz CT molecular complexity index is 860. The Morgan fingerprint density at radius 1 is 1.07 bits per heavy atom. The third-order valence-corrected chi connectivity index (χ3v) is 8.16. The summed E-state index contributed by atoms with van der Waals surface area (Å²) in [5.74, 6) is 0.798. The van der Waals surface area contributed by atoms with E-state index in [1.165, 1.54) is 0 Å². The van der Waals surface area contributed by atoms with Crippen LogP contribution >= 0.6 is 0 Å². The van der Waals surface area contributed by atoms with E-state index in [0.717, 1.165) is 56.6 Å². The van der Waals surface area contributed by atoms with E-state index < -0.39 is 9.84 Å². The van der Waals surface area contributed by atoms with E-state index in [4.69, 9.17) is 0 Å². The fourth-order valence-corrected chi connectivity index (χ4v) is 6.40. The highest BCUT2D eigenvalue weighted by Gasteiger charge is 2.35. The lowest BCUT2D eigenvalue weighted by atomic mass is 9.94. The minimum atomic E-state index is -2.87. The number of likely N-dealkylation sites (tertiary alicyclic amines) is 1. The average Bonchev–Trinajstić information content (AvgIpc) is 3.31. The lowest BCUT2D eigenvalue weighted by molar-refractivity contribution is -0.126. The van der Waals surface area contributed by atoms with Crippen molar-refractivity contribution in [3.8, 4) is 0 Å². The second kappa shape index (κ2) is 8.44. The number of rotatable bonds is 5. The van der Waals surface area contributed by atoms with Gasteiger partial charge in [-0.15, -0.1) is 0 Å². The summed E-state index contributed by atoms with van der Waals surface area (Å²) in [6.45, 7) is 2.84. The van der Waals surface area contributed by atoms with E-state index in [1.807, 2.05) is 29.2 Å².